The molecule has 19 heavy (non-hydrogen) atoms. The molecule has 0 aromatic heterocycles. The highest BCUT2D eigenvalue weighted by atomic mass is 79.9. The molecule has 2 rings (SSSR count). The zero-order chi connectivity index (χ0) is 13.8. The molecule has 0 saturated heterocycles. The summed E-state index contributed by atoms with van der Waals surface area (Å²) >= 11 is 3.20. The third-order valence-corrected chi connectivity index (χ3v) is 3.24. The molecule has 0 aliphatic carbocycles. The van der Waals surface area contributed by atoms with E-state index < -0.39 is 17.8 Å². The summed E-state index contributed by atoms with van der Waals surface area (Å²) in [6.07, 6.45) is -1.30. The number of hydrogen-bond donors (Lipinski definition) is 2. The fourth-order valence-corrected chi connectivity index (χ4v) is 1.93. The molecule has 3 nitrogen and oxygen atoms in total. The number of amides is 1. The number of carbonyl (C=O) groups excluding carboxylic acids is 1. The second-order valence-corrected chi connectivity index (χ2v) is 4.78. The van der Waals surface area contributed by atoms with Crippen molar-refractivity contribution >= 4 is 27.5 Å². The fraction of sp³-hybridized carbons (Fsp3) is 0.0714. The Balaban J connectivity index is 2.15. The molecule has 1 amide bonds. The van der Waals surface area contributed by atoms with Crippen LogP contribution in [0.3, 0.4) is 0 Å². The average Bonchev–Trinajstić information content (AvgIpc) is 2.43. The van der Waals surface area contributed by atoms with Gasteiger partial charge in [0.25, 0.3) is 5.91 Å². The van der Waals surface area contributed by atoms with Crippen molar-refractivity contribution in [2.24, 2.45) is 0 Å². The Hall–Kier alpha value is -1.72. The first-order valence-corrected chi connectivity index (χ1v) is 6.36. The van der Waals surface area contributed by atoms with Gasteiger partial charge in [-0.3, -0.25) is 4.79 Å². The van der Waals surface area contributed by atoms with E-state index in [4.69, 9.17) is 0 Å². The van der Waals surface area contributed by atoms with Crippen LogP contribution >= 0.6 is 15.9 Å². The number of nitrogens with one attached hydrogen (secondary N) is 1. The van der Waals surface area contributed by atoms with E-state index in [-0.39, 0.29) is 5.69 Å². The van der Waals surface area contributed by atoms with E-state index in [0.29, 0.717) is 10.0 Å². The lowest BCUT2D eigenvalue weighted by molar-refractivity contribution is -0.124. The Morgan fingerprint density at radius 2 is 1.89 bits per heavy atom. The number of halogens is 2. The molecule has 1 atom stereocenters. The highest BCUT2D eigenvalue weighted by Gasteiger charge is 2.18. The number of aliphatic hydroxyl groups is 1. The van der Waals surface area contributed by atoms with Gasteiger partial charge in [-0.15, -0.1) is 0 Å². The molecule has 2 N–H and O–H groups in total. The van der Waals surface area contributed by atoms with Crippen molar-refractivity contribution in [1.82, 2.24) is 0 Å². The predicted octanol–water partition coefficient (Wildman–Crippen LogP) is 3.26. The summed E-state index contributed by atoms with van der Waals surface area (Å²) in [4.78, 5) is 11.9. The van der Waals surface area contributed by atoms with Crippen molar-refractivity contribution in [1.29, 1.82) is 0 Å². The smallest absolute Gasteiger partial charge is 0.257 e. The van der Waals surface area contributed by atoms with Gasteiger partial charge in [-0.2, -0.15) is 0 Å². The van der Waals surface area contributed by atoms with Gasteiger partial charge in [0.15, 0.2) is 6.10 Å². The maximum atomic E-state index is 13.1. The minimum Gasteiger partial charge on any atom is -0.378 e. The summed E-state index contributed by atoms with van der Waals surface area (Å²) in [5.74, 6) is -1.08. The second-order valence-electron chi connectivity index (χ2n) is 3.93. The van der Waals surface area contributed by atoms with E-state index in [9.17, 15) is 14.3 Å². The zero-order valence-electron chi connectivity index (χ0n) is 9.81. The quantitative estimate of drug-likeness (QED) is 0.910. The van der Waals surface area contributed by atoms with Crippen LogP contribution in [0.15, 0.2) is 53.0 Å². The summed E-state index contributed by atoms with van der Waals surface area (Å²) in [6, 6.07) is 12.5. The number of carbonyl (C=O) groups is 1. The van der Waals surface area contributed by atoms with Gasteiger partial charge in [0.2, 0.25) is 0 Å². The van der Waals surface area contributed by atoms with Crippen LogP contribution < -0.4 is 5.32 Å². The lowest BCUT2D eigenvalue weighted by atomic mass is 10.1. The van der Waals surface area contributed by atoms with E-state index in [0.717, 1.165) is 0 Å². The molecule has 1 unspecified atom stereocenters. The number of benzene rings is 2. The first-order chi connectivity index (χ1) is 9.08. The molecule has 0 saturated carbocycles. The van der Waals surface area contributed by atoms with Crippen LogP contribution in [-0.2, 0) is 4.79 Å². The van der Waals surface area contributed by atoms with Crippen LogP contribution in [-0.4, -0.2) is 11.0 Å². The molecule has 0 fully saturated rings. The lowest BCUT2D eigenvalue weighted by Crippen LogP contribution is -2.21. The van der Waals surface area contributed by atoms with Gasteiger partial charge in [0.05, 0.1) is 5.69 Å². The van der Waals surface area contributed by atoms with Crippen molar-refractivity contribution in [3.05, 3.63) is 64.4 Å². The second kappa shape index (κ2) is 5.95. The molecular formula is C14H11BrFNO2. The molecule has 0 aliphatic rings. The standard InChI is InChI=1S/C14H11BrFNO2/c15-11-7-6-10(16)8-12(11)17-14(19)13(18)9-4-2-1-3-5-9/h1-8,13,18H,(H,17,19). The Kier molecular flexibility index (Phi) is 4.29. The maximum Gasteiger partial charge on any atom is 0.257 e. The lowest BCUT2D eigenvalue weighted by Gasteiger charge is -2.12. The summed E-state index contributed by atoms with van der Waals surface area (Å²) < 4.78 is 13.6. The molecule has 5 heteroatoms. The molecular weight excluding hydrogens is 313 g/mol. The molecule has 0 spiro atoms. The largest absolute Gasteiger partial charge is 0.378 e. The number of aliphatic hydroxyl groups excluding tert-OH is 1. The molecule has 0 aliphatic heterocycles. The van der Waals surface area contributed by atoms with E-state index in [1.807, 2.05) is 0 Å². The SMILES string of the molecule is O=C(Nc1cc(F)ccc1Br)C(O)c1ccccc1. The van der Waals surface area contributed by atoms with Gasteiger partial charge in [-0.05, 0) is 39.7 Å². The topological polar surface area (TPSA) is 49.3 Å². The van der Waals surface area contributed by atoms with Crippen LogP contribution in [0.4, 0.5) is 10.1 Å². The van der Waals surface area contributed by atoms with E-state index in [1.165, 1.54) is 18.2 Å². The van der Waals surface area contributed by atoms with Gasteiger partial charge < -0.3 is 10.4 Å². The van der Waals surface area contributed by atoms with Crippen molar-refractivity contribution in [2.75, 3.05) is 5.32 Å². The Morgan fingerprint density at radius 3 is 2.58 bits per heavy atom. The Morgan fingerprint density at radius 1 is 1.21 bits per heavy atom. The average molecular weight is 324 g/mol. The Labute approximate surface area is 118 Å². The van der Waals surface area contributed by atoms with Crippen molar-refractivity contribution in [3.8, 4) is 0 Å². The monoisotopic (exact) mass is 323 g/mol. The fourth-order valence-electron chi connectivity index (χ4n) is 1.58. The molecule has 98 valence electrons. The molecule has 2 aromatic carbocycles. The van der Waals surface area contributed by atoms with Gasteiger partial charge in [0, 0.05) is 4.47 Å². The van der Waals surface area contributed by atoms with Crippen molar-refractivity contribution in [2.45, 2.75) is 6.10 Å². The van der Waals surface area contributed by atoms with Gasteiger partial charge >= 0.3 is 0 Å². The van der Waals surface area contributed by atoms with E-state index in [1.54, 1.807) is 30.3 Å². The highest BCUT2D eigenvalue weighted by molar-refractivity contribution is 9.10. The summed E-state index contributed by atoms with van der Waals surface area (Å²) in [6.45, 7) is 0. The highest BCUT2D eigenvalue weighted by Crippen LogP contribution is 2.24. The molecule has 0 heterocycles. The van der Waals surface area contributed by atoms with Gasteiger partial charge in [-0.25, -0.2) is 4.39 Å². The summed E-state index contributed by atoms with van der Waals surface area (Å²) in [5, 5.41) is 12.4. The van der Waals surface area contributed by atoms with Crippen LogP contribution in [0.25, 0.3) is 0 Å². The molecule has 0 radical (unpaired) electrons. The zero-order valence-corrected chi connectivity index (χ0v) is 11.4. The third kappa shape index (κ3) is 3.39. The third-order valence-electron chi connectivity index (χ3n) is 2.55. The van der Waals surface area contributed by atoms with Crippen LogP contribution in [0.2, 0.25) is 0 Å². The molecule has 2 aromatic rings. The number of rotatable bonds is 3. The van der Waals surface area contributed by atoms with E-state index in [2.05, 4.69) is 21.2 Å². The first-order valence-electron chi connectivity index (χ1n) is 5.57. The normalized spacial score (nSPS) is 11.9. The minimum atomic E-state index is -1.30. The van der Waals surface area contributed by atoms with Crippen molar-refractivity contribution < 1.29 is 14.3 Å². The molecule has 0 bridgehead atoms. The van der Waals surface area contributed by atoms with Crippen molar-refractivity contribution in [3.63, 3.8) is 0 Å². The maximum absolute atomic E-state index is 13.1. The van der Waals surface area contributed by atoms with Gasteiger partial charge in [-0.1, -0.05) is 30.3 Å². The van der Waals surface area contributed by atoms with Crippen LogP contribution in [0.1, 0.15) is 11.7 Å². The minimum absolute atomic E-state index is 0.278. The summed E-state index contributed by atoms with van der Waals surface area (Å²) in [7, 11) is 0. The predicted molar refractivity (Wildman–Crippen MR) is 74.1 cm³/mol. The first kappa shape index (κ1) is 13.7. The van der Waals surface area contributed by atoms with E-state index >= 15 is 0 Å². The van der Waals surface area contributed by atoms with Crippen LogP contribution in [0, 0.1) is 5.82 Å². The number of anilines is 1. The Bertz CT molecular complexity index is 589. The van der Waals surface area contributed by atoms with Crippen LogP contribution in [0.5, 0.6) is 0 Å². The van der Waals surface area contributed by atoms with Gasteiger partial charge in [0.1, 0.15) is 5.82 Å². The summed E-state index contributed by atoms with van der Waals surface area (Å²) in [5.41, 5.74) is 0.757. The number of hydrogen-bond acceptors (Lipinski definition) is 2.